The van der Waals surface area contributed by atoms with Crippen molar-refractivity contribution in [1.29, 1.82) is 0 Å². The van der Waals surface area contributed by atoms with Crippen molar-refractivity contribution in [2.45, 2.75) is 11.3 Å². The van der Waals surface area contributed by atoms with Gasteiger partial charge in [0.2, 0.25) is 0 Å². The van der Waals surface area contributed by atoms with Crippen molar-refractivity contribution in [2.24, 2.45) is 0 Å². The van der Waals surface area contributed by atoms with Gasteiger partial charge in [0.25, 0.3) is 15.9 Å². The number of anilines is 2. The summed E-state index contributed by atoms with van der Waals surface area (Å²) in [6.45, 7) is 0.435. The second-order valence-corrected chi connectivity index (χ2v) is 9.57. The quantitative estimate of drug-likeness (QED) is 0.454. The Kier molecular flexibility index (Phi) is 4.90. The summed E-state index contributed by atoms with van der Waals surface area (Å²) in [6.07, 6.45) is 1.80. The van der Waals surface area contributed by atoms with E-state index < -0.39 is 15.7 Å². The Morgan fingerprint density at radius 1 is 0.970 bits per heavy atom. The molecular weight excluding hydrogens is 440 g/mol. The first kappa shape index (κ1) is 20.8. The van der Waals surface area contributed by atoms with Gasteiger partial charge in [-0.3, -0.25) is 4.79 Å². The van der Waals surface area contributed by atoms with Gasteiger partial charge in [0, 0.05) is 23.5 Å². The molecule has 33 heavy (non-hydrogen) atoms. The summed E-state index contributed by atoms with van der Waals surface area (Å²) in [5, 5.41) is 0. The zero-order valence-electron chi connectivity index (χ0n) is 17.4. The molecule has 8 nitrogen and oxygen atoms in total. The molecule has 0 radical (unpaired) electrons. The fraction of sp³-hybridized carbons (Fsp3) is 0.0833. The summed E-state index contributed by atoms with van der Waals surface area (Å²) < 4.78 is 27.1. The Morgan fingerprint density at radius 2 is 1.70 bits per heavy atom. The number of rotatable bonds is 4. The molecule has 0 spiro atoms. The predicted molar refractivity (Wildman–Crippen MR) is 126 cm³/mol. The Morgan fingerprint density at radius 3 is 2.42 bits per heavy atom. The fourth-order valence-corrected chi connectivity index (χ4v) is 5.23. The summed E-state index contributed by atoms with van der Waals surface area (Å²) in [7, 11) is -4.12. The number of benzene rings is 3. The van der Waals surface area contributed by atoms with Gasteiger partial charge in [-0.05, 0) is 60.0 Å². The molecule has 166 valence electrons. The molecule has 0 saturated heterocycles. The van der Waals surface area contributed by atoms with E-state index in [4.69, 9.17) is 5.73 Å². The van der Waals surface area contributed by atoms with Gasteiger partial charge in [-0.1, -0.05) is 30.3 Å². The third kappa shape index (κ3) is 3.62. The molecule has 4 aromatic rings. The summed E-state index contributed by atoms with van der Waals surface area (Å²) in [5.74, 6) is -0.182. The van der Waals surface area contributed by atoms with Crippen molar-refractivity contribution < 1.29 is 13.2 Å². The Labute approximate surface area is 190 Å². The van der Waals surface area contributed by atoms with Crippen molar-refractivity contribution in [3.8, 4) is 11.3 Å². The van der Waals surface area contributed by atoms with Gasteiger partial charge in [0.05, 0.1) is 16.8 Å². The van der Waals surface area contributed by atoms with Crippen LogP contribution < -0.4 is 16.3 Å². The molecule has 0 fully saturated rings. The molecule has 0 bridgehead atoms. The number of nitrogens with zero attached hydrogens (tertiary/aromatic N) is 2. The highest BCUT2D eigenvalue weighted by Crippen LogP contribution is 2.32. The van der Waals surface area contributed by atoms with E-state index in [0.717, 1.165) is 5.56 Å². The van der Waals surface area contributed by atoms with E-state index in [1.807, 2.05) is 6.07 Å². The number of nitrogen functional groups attached to an aromatic ring is 1. The standard InChI is InChI=1S/C24H20N4O4S/c25-19-8-6-17(7-9-19)23(29)27-13-12-18-14-20(10-11-22(18)27)33(31,32)28-15-21(26-24(28)30)16-4-2-1-3-5-16/h1-11,14-15H,12-13,25H2,(H,26,30). The van der Waals surface area contributed by atoms with E-state index in [1.54, 1.807) is 59.5 Å². The lowest BCUT2D eigenvalue weighted by atomic mass is 10.1. The maximum atomic E-state index is 13.2. The van der Waals surface area contributed by atoms with E-state index in [0.29, 0.717) is 45.1 Å². The minimum absolute atomic E-state index is 0.0104. The number of aromatic amines is 1. The molecule has 0 aliphatic carbocycles. The van der Waals surface area contributed by atoms with Crippen LogP contribution in [-0.2, 0) is 16.4 Å². The zero-order chi connectivity index (χ0) is 23.2. The van der Waals surface area contributed by atoms with Gasteiger partial charge < -0.3 is 15.6 Å². The number of carbonyl (C=O) groups excluding carboxylic acids is 1. The lowest BCUT2D eigenvalue weighted by molar-refractivity contribution is 0.0989. The molecule has 1 aliphatic rings. The predicted octanol–water partition coefficient (Wildman–Crippen LogP) is 2.87. The molecule has 9 heteroatoms. The van der Waals surface area contributed by atoms with E-state index in [2.05, 4.69) is 4.98 Å². The third-order valence-electron chi connectivity index (χ3n) is 5.68. The molecule has 1 amide bonds. The lowest BCUT2D eigenvalue weighted by Gasteiger charge is -2.18. The monoisotopic (exact) mass is 460 g/mol. The van der Waals surface area contributed by atoms with Crippen LogP contribution in [0, 0.1) is 0 Å². The number of hydrogen-bond donors (Lipinski definition) is 2. The Hall–Kier alpha value is -4.11. The first-order valence-electron chi connectivity index (χ1n) is 10.3. The van der Waals surface area contributed by atoms with Crippen molar-refractivity contribution in [3.63, 3.8) is 0 Å². The Bertz CT molecular complexity index is 1520. The van der Waals surface area contributed by atoms with Crippen LogP contribution in [0.25, 0.3) is 11.3 Å². The van der Waals surface area contributed by atoms with Gasteiger partial charge in [0.1, 0.15) is 0 Å². The molecule has 0 saturated carbocycles. The largest absolute Gasteiger partial charge is 0.399 e. The van der Waals surface area contributed by atoms with Crippen LogP contribution in [-0.4, -0.2) is 29.8 Å². The number of carbonyl (C=O) groups is 1. The van der Waals surface area contributed by atoms with Crippen LogP contribution in [0.4, 0.5) is 11.4 Å². The highest BCUT2D eigenvalue weighted by molar-refractivity contribution is 7.90. The molecule has 2 heterocycles. The molecule has 1 aromatic heterocycles. The van der Waals surface area contributed by atoms with Crippen LogP contribution in [0.15, 0.2) is 88.7 Å². The number of H-pyrrole nitrogens is 1. The third-order valence-corrected chi connectivity index (χ3v) is 7.32. The number of fused-ring (bicyclic) bond motifs is 1. The SMILES string of the molecule is Nc1ccc(C(=O)N2CCc3cc(S(=O)(=O)n4cc(-c5ccccc5)[nH]c4=O)ccc32)cc1. The molecule has 3 aromatic carbocycles. The van der Waals surface area contributed by atoms with Crippen LogP contribution in [0.3, 0.4) is 0 Å². The molecule has 1 aliphatic heterocycles. The first-order valence-corrected chi connectivity index (χ1v) is 11.7. The van der Waals surface area contributed by atoms with E-state index in [-0.39, 0.29) is 10.8 Å². The Balaban J connectivity index is 1.47. The number of imidazole rings is 1. The van der Waals surface area contributed by atoms with E-state index in [9.17, 15) is 18.0 Å². The maximum Gasteiger partial charge on any atom is 0.340 e. The zero-order valence-corrected chi connectivity index (χ0v) is 18.2. The molecule has 0 atom stereocenters. The molecule has 3 N–H and O–H groups in total. The lowest BCUT2D eigenvalue weighted by Crippen LogP contribution is -2.28. The fourth-order valence-electron chi connectivity index (χ4n) is 3.97. The summed E-state index contributed by atoms with van der Waals surface area (Å²) in [6, 6.07) is 20.2. The maximum absolute atomic E-state index is 13.2. The number of aromatic nitrogens is 2. The topological polar surface area (TPSA) is 118 Å². The van der Waals surface area contributed by atoms with Gasteiger partial charge in [-0.25, -0.2) is 13.2 Å². The van der Waals surface area contributed by atoms with E-state index in [1.165, 1.54) is 18.3 Å². The van der Waals surface area contributed by atoms with Crippen LogP contribution in [0.5, 0.6) is 0 Å². The van der Waals surface area contributed by atoms with Crippen LogP contribution >= 0.6 is 0 Å². The van der Waals surface area contributed by atoms with E-state index >= 15 is 0 Å². The van der Waals surface area contributed by atoms with Crippen molar-refractivity contribution in [3.05, 3.63) is 101 Å². The number of amides is 1. The van der Waals surface area contributed by atoms with Gasteiger partial charge >= 0.3 is 5.69 Å². The summed E-state index contributed by atoms with van der Waals surface area (Å²) in [4.78, 5) is 29.6. The van der Waals surface area contributed by atoms with Gasteiger partial charge in [-0.2, -0.15) is 3.97 Å². The second kappa shape index (κ2) is 7.79. The highest BCUT2D eigenvalue weighted by atomic mass is 32.2. The average Bonchev–Trinajstić information content (AvgIpc) is 3.43. The van der Waals surface area contributed by atoms with Gasteiger partial charge in [-0.15, -0.1) is 0 Å². The minimum atomic E-state index is -4.12. The number of hydrogen-bond acceptors (Lipinski definition) is 5. The summed E-state index contributed by atoms with van der Waals surface area (Å²) in [5.41, 5.74) is 8.52. The van der Waals surface area contributed by atoms with Crippen LogP contribution in [0.1, 0.15) is 15.9 Å². The number of nitrogens with two attached hydrogens (primary N) is 1. The van der Waals surface area contributed by atoms with Gasteiger partial charge in [0.15, 0.2) is 0 Å². The average molecular weight is 461 g/mol. The van der Waals surface area contributed by atoms with Crippen molar-refractivity contribution >= 4 is 27.3 Å². The smallest absolute Gasteiger partial charge is 0.340 e. The summed E-state index contributed by atoms with van der Waals surface area (Å²) >= 11 is 0. The normalized spacial score (nSPS) is 13.2. The molecule has 5 rings (SSSR count). The van der Waals surface area contributed by atoms with Crippen LogP contribution in [0.2, 0.25) is 0 Å². The highest BCUT2D eigenvalue weighted by Gasteiger charge is 2.28. The minimum Gasteiger partial charge on any atom is -0.399 e. The number of nitrogens with one attached hydrogen (secondary N) is 1. The second-order valence-electron chi connectivity index (χ2n) is 7.76. The first-order chi connectivity index (χ1) is 15.8. The van der Waals surface area contributed by atoms with Crippen molar-refractivity contribution in [2.75, 3.05) is 17.2 Å². The molecule has 0 unspecified atom stereocenters. The molecular formula is C24H20N4O4S. The van der Waals surface area contributed by atoms with Crippen molar-refractivity contribution in [1.82, 2.24) is 8.96 Å².